The predicted octanol–water partition coefficient (Wildman–Crippen LogP) is 2.42. The summed E-state index contributed by atoms with van der Waals surface area (Å²) in [6.45, 7) is 0. The van der Waals surface area contributed by atoms with Crippen LogP contribution in [0.3, 0.4) is 0 Å². The summed E-state index contributed by atoms with van der Waals surface area (Å²) in [6.07, 6.45) is 4.80. The number of hydrogen-bond acceptors (Lipinski definition) is 6. The third kappa shape index (κ3) is 2.48. The van der Waals surface area contributed by atoms with E-state index in [0.717, 1.165) is 9.50 Å². The molecule has 0 radical (unpaired) electrons. The Kier molecular flexibility index (Phi) is 3.22. The maximum absolute atomic E-state index is 5.12. The van der Waals surface area contributed by atoms with Crippen LogP contribution >= 0.6 is 27.7 Å². The third-order valence-electron chi connectivity index (χ3n) is 1.53. The summed E-state index contributed by atoms with van der Waals surface area (Å²) in [7, 11) is 1.77. The first-order valence-electron chi connectivity index (χ1n) is 4.07. The van der Waals surface area contributed by atoms with E-state index in [9.17, 15) is 0 Å². The number of rotatable bonds is 3. The molecular formula is C8H7BrN4OS. The number of hydrogen-bond donors (Lipinski definition) is 1. The van der Waals surface area contributed by atoms with Crippen LogP contribution in [-0.2, 0) is 0 Å². The first kappa shape index (κ1) is 10.4. The molecule has 78 valence electrons. The Morgan fingerprint density at radius 1 is 1.47 bits per heavy atom. The lowest BCUT2D eigenvalue weighted by atomic mass is 10.7. The molecule has 2 heterocycles. The van der Waals surface area contributed by atoms with Gasteiger partial charge in [-0.15, -0.1) is 0 Å². The van der Waals surface area contributed by atoms with Crippen LogP contribution in [0.2, 0.25) is 0 Å². The zero-order valence-corrected chi connectivity index (χ0v) is 10.2. The Labute approximate surface area is 98.8 Å². The van der Waals surface area contributed by atoms with Crippen LogP contribution in [0.1, 0.15) is 0 Å². The fraction of sp³-hybridized carbons (Fsp3) is 0.125. The van der Waals surface area contributed by atoms with Crippen molar-refractivity contribution < 1.29 is 4.42 Å². The number of halogens is 1. The lowest BCUT2D eigenvalue weighted by molar-refractivity contribution is 0.454. The Hall–Kier alpha value is -1.08. The Bertz CT molecular complexity index is 448. The van der Waals surface area contributed by atoms with Crippen LogP contribution in [0, 0.1) is 0 Å². The predicted molar refractivity (Wildman–Crippen MR) is 59.9 cm³/mol. The molecule has 0 saturated heterocycles. The maximum Gasteiger partial charge on any atom is 0.261 e. The molecule has 1 N–H and O–H groups in total. The van der Waals surface area contributed by atoms with E-state index < -0.39 is 0 Å². The van der Waals surface area contributed by atoms with Gasteiger partial charge in [0, 0.05) is 13.2 Å². The highest BCUT2D eigenvalue weighted by atomic mass is 79.9. The molecule has 0 bridgehead atoms. The normalized spacial score (nSPS) is 10.3. The lowest BCUT2D eigenvalue weighted by Gasteiger charge is -2.02. The second-order valence-corrected chi connectivity index (χ2v) is 4.29. The van der Waals surface area contributed by atoms with Gasteiger partial charge in [0.25, 0.3) is 5.22 Å². The quantitative estimate of drug-likeness (QED) is 0.875. The highest BCUT2D eigenvalue weighted by molar-refractivity contribution is 9.10. The monoisotopic (exact) mass is 286 g/mol. The first-order chi connectivity index (χ1) is 7.29. The van der Waals surface area contributed by atoms with Crippen LogP contribution in [-0.4, -0.2) is 22.0 Å². The fourth-order valence-corrected chi connectivity index (χ4v) is 1.99. The molecule has 0 aliphatic heterocycles. The number of oxazole rings is 1. The molecule has 0 spiro atoms. The van der Waals surface area contributed by atoms with Gasteiger partial charge in [0.2, 0.25) is 5.95 Å². The van der Waals surface area contributed by atoms with Crippen molar-refractivity contribution >= 4 is 33.6 Å². The smallest absolute Gasteiger partial charge is 0.261 e. The fourth-order valence-electron chi connectivity index (χ4n) is 0.887. The Morgan fingerprint density at radius 3 is 3.00 bits per heavy atom. The minimum Gasteiger partial charge on any atom is -0.440 e. The second-order valence-electron chi connectivity index (χ2n) is 2.50. The van der Waals surface area contributed by atoms with Gasteiger partial charge in [0.15, 0.2) is 0 Å². The molecule has 2 aromatic heterocycles. The van der Waals surface area contributed by atoms with Gasteiger partial charge in [0.05, 0.1) is 10.7 Å². The van der Waals surface area contributed by atoms with E-state index in [1.54, 1.807) is 19.4 Å². The van der Waals surface area contributed by atoms with Gasteiger partial charge >= 0.3 is 0 Å². The van der Waals surface area contributed by atoms with Gasteiger partial charge in [-0.25, -0.2) is 15.0 Å². The van der Waals surface area contributed by atoms with E-state index in [1.807, 2.05) is 0 Å². The van der Waals surface area contributed by atoms with Gasteiger partial charge in [-0.3, -0.25) is 0 Å². The molecule has 0 unspecified atom stereocenters. The van der Waals surface area contributed by atoms with Crippen LogP contribution in [0.5, 0.6) is 0 Å². The van der Waals surface area contributed by atoms with Crippen molar-refractivity contribution in [2.75, 3.05) is 12.4 Å². The molecule has 0 saturated carbocycles. The average Bonchev–Trinajstić information content (AvgIpc) is 2.74. The van der Waals surface area contributed by atoms with Gasteiger partial charge in [-0.05, 0) is 27.7 Å². The van der Waals surface area contributed by atoms with Gasteiger partial charge in [0.1, 0.15) is 11.3 Å². The molecule has 7 heteroatoms. The van der Waals surface area contributed by atoms with Crippen LogP contribution < -0.4 is 5.32 Å². The summed E-state index contributed by atoms with van der Waals surface area (Å²) < 4.78 is 5.93. The van der Waals surface area contributed by atoms with Crippen molar-refractivity contribution in [2.45, 2.75) is 10.2 Å². The molecule has 2 aromatic rings. The summed E-state index contributed by atoms with van der Waals surface area (Å²) in [5, 5.41) is 4.18. The van der Waals surface area contributed by atoms with Gasteiger partial charge < -0.3 is 9.73 Å². The van der Waals surface area contributed by atoms with E-state index in [4.69, 9.17) is 4.42 Å². The van der Waals surface area contributed by atoms with Gasteiger partial charge in [-0.1, -0.05) is 0 Å². The van der Waals surface area contributed by atoms with Crippen molar-refractivity contribution in [3.05, 3.63) is 23.1 Å². The highest BCUT2D eigenvalue weighted by Gasteiger charge is 2.08. The van der Waals surface area contributed by atoms with E-state index in [0.29, 0.717) is 11.2 Å². The summed E-state index contributed by atoms with van der Waals surface area (Å²) in [4.78, 5) is 12.3. The van der Waals surface area contributed by atoms with Crippen LogP contribution in [0.15, 0.2) is 37.8 Å². The minimum atomic E-state index is 0.552. The molecule has 2 rings (SSSR count). The second kappa shape index (κ2) is 4.63. The molecular weight excluding hydrogens is 280 g/mol. The molecule has 5 nitrogen and oxygen atoms in total. The first-order valence-corrected chi connectivity index (χ1v) is 5.68. The number of aromatic nitrogens is 3. The zero-order chi connectivity index (χ0) is 10.7. The molecule has 0 aliphatic carbocycles. The van der Waals surface area contributed by atoms with Crippen LogP contribution in [0.4, 0.5) is 5.95 Å². The minimum absolute atomic E-state index is 0.552. The number of anilines is 1. The molecule has 0 atom stereocenters. The summed E-state index contributed by atoms with van der Waals surface area (Å²) >= 11 is 4.70. The number of nitrogens with one attached hydrogen (secondary N) is 1. The van der Waals surface area contributed by atoms with Crippen molar-refractivity contribution in [3.8, 4) is 0 Å². The van der Waals surface area contributed by atoms with E-state index >= 15 is 0 Å². The Morgan fingerprint density at radius 2 is 2.33 bits per heavy atom. The van der Waals surface area contributed by atoms with Crippen molar-refractivity contribution in [1.29, 1.82) is 0 Å². The maximum atomic E-state index is 5.12. The standard InChI is InChI=1S/C8H7BrN4OS/c1-10-7-12-4-5(9)6(13-7)15-8-11-2-3-14-8/h2-4H,1H3,(H,10,12,13). The van der Waals surface area contributed by atoms with E-state index in [-0.39, 0.29) is 0 Å². The van der Waals surface area contributed by atoms with Gasteiger partial charge in [-0.2, -0.15) is 0 Å². The summed E-state index contributed by atoms with van der Waals surface area (Å²) in [5.41, 5.74) is 0. The molecule has 0 amide bonds. The molecule has 15 heavy (non-hydrogen) atoms. The topological polar surface area (TPSA) is 63.8 Å². The van der Waals surface area contributed by atoms with E-state index in [1.165, 1.54) is 18.0 Å². The largest absolute Gasteiger partial charge is 0.440 e. The summed E-state index contributed by atoms with van der Waals surface area (Å²) in [5.74, 6) is 0.562. The van der Waals surface area contributed by atoms with Crippen molar-refractivity contribution in [3.63, 3.8) is 0 Å². The summed E-state index contributed by atoms with van der Waals surface area (Å²) in [6, 6.07) is 0. The zero-order valence-electron chi connectivity index (χ0n) is 7.77. The Balaban J connectivity index is 2.27. The van der Waals surface area contributed by atoms with Crippen molar-refractivity contribution in [1.82, 2.24) is 15.0 Å². The third-order valence-corrected chi connectivity index (χ3v) is 3.25. The lowest BCUT2D eigenvalue weighted by Crippen LogP contribution is -1.97. The number of nitrogens with zero attached hydrogens (tertiary/aromatic N) is 3. The molecule has 0 fully saturated rings. The highest BCUT2D eigenvalue weighted by Crippen LogP contribution is 2.30. The van der Waals surface area contributed by atoms with E-state index in [2.05, 4.69) is 36.2 Å². The SMILES string of the molecule is CNc1ncc(Br)c(Sc2ncco2)n1. The average molecular weight is 287 g/mol. The van der Waals surface area contributed by atoms with Crippen LogP contribution in [0.25, 0.3) is 0 Å². The molecule has 0 aliphatic rings. The van der Waals surface area contributed by atoms with Crippen molar-refractivity contribution in [2.24, 2.45) is 0 Å². The molecule has 0 aromatic carbocycles.